The van der Waals surface area contributed by atoms with Crippen LogP contribution in [0.15, 0.2) is 22.5 Å². The van der Waals surface area contributed by atoms with Crippen molar-refractivity contribution in [1.29, 1.82) is 0 Å². The maximum Gasteiger partial charge on any atom is 0.191 e. The first-order chi connectivity index (χ1) is 10.3. The van der Waals surface area contributed by atoms with Gasteiger partial charge < -0.3 is 10.6 Å². The Labute approximate surface area is 155 Å². The van der Waals surface area contributed by atoms with Crippen LogP contribution in [0.5, 0.6) is 0 Å². The van der Waals surface area contributed by atoms with E-state index in [1.807, 2.05) is 11.3 Å². The molecule has 1 aliphatic heterocycles. The molecule has 1 aliphatic rings. The van der Waals surface area contributed by atoms with Gasteiger partial charge in [0.1, 0.15) is 0 Å². The van der Waals surface area contributed by atoms with Crippen LogP contribution in [0, 0.1) is 0 Å². The minimum absolute atomic E-state index is 0. The van der Waals surface area contributed by atoms with Crippen LogP contribution in [0.4, 0.5) is 0 Å². The molecule has 22 heavy (non-hydrogen) atoms. The van der Waals surface area contributed by atoms with Gasteiger partial charge in [0, 0.05) is 24.0 Å². The van der Waals surface area contributed by atoms with E-state index in [0.29, 0.717) is 6.04 Å². The van der Waals surface area contributed by atoms with Gasteiger partial charge in [0.25, 0.3) is 0 Å². The lowest BCUT2D eigenvalue weighted by Crippen LogP contribution is -2.40. The van der Waals surface area contributed by atoms with Crippen molar-refractivity contribution < 1.29 is 0 Å². The number of thiophene rings is 1. The van der Waals surface area contributed by atoms with Crippen molar-refractivity contribution in [2.75, 3.05) is 32.7 Å². The third-order valence-corrected chi connectivity index (χ3v) is 4.89. The van der Waals surface area contributed by atoms with Crippen LogP contribution < -0.4 is 10.6 Å². The van der Waals surface area contributed by atoms with Crippen molar-refractivity contribution in [1.82, 2.24) is 15.5 Å². The lowest BCUT2D eigenvalue weighted by Gasteiger charge is -2.21. The molecule has 2 heterocycles. The summed E-state index contributed by atoms with van der Waals surface area (Å²) in [7, 11) is 0. The van der Waals surface area contributed by atoms with E-state index >= 15 is 0 Å². The third-order valence-electron chi connectivity index (χ3n) is 3.95. The summed E-state index contributed by atoms with van der Waals surface area (Å²) < 4.78 is 0. The summed E-state index contributed by atoms with van der Waals surface area (Å²) in [6, 6.07) is 4.93. The molecule has 0 aliphatic carbocycles. The quantitative estimate of drug-likeness (QED) is 0.392. The number of nitrogens with zero attached hydrogens (tertiary/aromatic N) is 2. The second-order valence-corrected chi connectivity index (χ2v) is 6.43. The summed E-state index contributed by atoms with van der Waals surface area (Å²) >= 11 is 1.82. The van der Waals surface area contributed by atoms with E-state index in [1.54, 1.807) is 0 Å². The second-order valence-electron chi connectivity index (χ2n) is 5.40. The molecular formula is C16H29IN4S. The van der Waals surface area contributed by atoms with Crippen molar-refractivity contribution in [3.63, 3.8) is 0 Å². The lowest BCUT2D eigenvalue weighted by molar-refractivity contribution is 0.273. The SMILES string of the molecule is CCNC(=NCC1CCCN1CC)NCCc1cccs1.I. The first-order valence-electron chi connectivity index (χ1n) is 8.12. The average Bonchev–Trinajstić information content (AvgIpc) is 3.15. The molecule has 1 aromatic heterocycles. The molecule has 1 saturated heterocycles. The van der Waals surface area contributed by atoms with Crippen molar-refractivity contribution in [3.8, 4) is 0 Å². The monoisotopic (exact) mass is 436 g/mol. The molecule has 0 aromatic carbocycles. The van der Waals surface area contributed by atoms with E-state index in [9.17, 15) is 0 Å². The molecule has 0 spiro atoms. The van der Waals surface area contributed by atoms with Gasteiger partial charge in [-0.3, -0.25) is 9.89 Å². The molecule has 2 N–H and O–H groups in total. The number of aliphatic imine (C=N–C) groups is 1. The fourth-order valence-corrected chi connectivity index (χ4v) is 3.52. The molecule has 0 bridgehead atoms. The number of guanidine groups is 1. The normalized spacial score (nSPS) is 19.0. The fraction of sp³-hybridized carbons (Fsp3) is 0.688. The van der Waals surface area contributed by atoms with Crippen molar-refractivity contribution in [2.24, 2.45) is 4.99 Å². The smallest absolute Gasteiger partial charge is 0.191 e. The number of hydrogen-bond donors (Lipinski definition) is 2. The van der Waals surface area contributed by atoms with Crippen molar-refractivity contribution >= 4 is 41.3 Å². The standard InChI is InChI=1S/C16H28N4S.HI/c1-3-17-16(18-10-9-15-8-6-12-21-15)19-13-14-7-5-11-20(14)4-2;/h6,8,12,14H,3-5,7,9-11,13H2,1-2H3,(H2,17,18,19);1H. The topological polar surface area (TPSA) is 39.7 Å². The van der Waals surface area contributed by atoms with E-state index in [2.05, 4.69) is 46.9 Å². The molecule has 2 rings (SSSR count). The van der Waals surface area contributed by atoms with Crippen LogP contribution in [-0.2, 0) is 6.42 Å². The zero-order valence-electron chi connectivity index (χ0n) is 13.7. The van der Waals surface area contributed by atoms with Crippen molar-refractivity contribution in [2.45, 2.75) is 39.2 Å². The van der Waals surface area contributed by atoms with Crippen LogP contribution in [0.1, 0.15) is 31.6 Å². The van der Waals surface area contributed by atoms with Gasteiger partial charge in [-0.2, -0.15) is 0 Å². The van der Waals surface area contributed by atoms with E-state index in [-0.39, 0.29) is 24.0 Å². The third kappa shape index (κ3) is 6.42. The minimum atomic E-state index is 0. The molecule has 1 aromatic rings. The van der Waals surface area contributed by atoms with Gasteiger partial charge in [-0.15, -0.1) is 35.3 Å². The summed E-state index contributed by atoms with van der Waals surface area (Å²) in [4.78, 5) is 8.73. The molecular weight excluding hydrogens is 407 g/mol. The molecule has 1 unspecified atom stereocenters. The van der Waals surface area contributed by atoms with Crippen LogP contribution in [0.2, 0.25) is 0 Å². The Kier molecular flexibility index (Phi) is 10.1. The van der Waals surface area contributed by atoms with Gasteiger partial charge >= 0.3 is 0 Å². The summed E-state index contributed by atoms with van der Waals surface area (Å²) in [5.41, 5.74) is 0. The molecule has 0 radical (unpaired) electrons. The molecule has 1 atom stereocenters. The first kappa shape index (κ1) is 19.7. The zero-order chi connectivity index (χ0) is 14.9. The highest BCUT2D eigenvalue weighted by molar-refractivity contribution is 14.0. The minimum Gasteiger partial charge on any atom is -0.357 e. The summed E-state index contributed by atoms with van der Waals surface area (Å²) in [5.74, 6) is 0.956. The second kappa shape index (κ2) is 11.2. The van der Waals surface area contributed by atoms with Gasteiger partial charge in [-0.1, -0.05) is 13.0 Å². The van der Waals surface area contributed by atoms with Gasteiger partial charge in [0.15, 0.2) is 5.96 Å². The zero-order valence-corrected chi connectivity index (χ0v) is 16.8. The van der Waals surface area contributed by atoms with Gasteiger partial charge in [-0.25, -0.2) is 0 Å². The number of nitrogens with one attached hydrogen (secondary N) is 2. The van der Waals surface area contributed by atoms with Crippen LogP contribution in [0.3, 0.4) is 0 Å². The van der Waals surface area contributed by atoms with Gasteiger partial charge in [0.2, 0.25) is 0 Å². The Morgan fingerprint density at radius 1 is 1.41 bits per heavy atom. The molecule has 0 amide bonds. The molecule has 126 valence electrons. The molecule has 1 fully saturated rings. The van der Waals surface area contributed by atoms with Crippen molar-refractivity contribution in [3.05, 3.63) is 22.4 Å². The van der Waals surface area contributed by atoms with E-state index < -0.39 is 0 Å². The Bertz CT molecular complexity index is 422. The predicted octanol–water partition coefficient (Wildman–Crippen LogP) is 2.95. The Morgan fingerprint density at radius 2 is 2.27 bits per heavy atom. The fourth-order valence-electron chi connectivity index (χ4n) is 2.82. The van der Waals surface area contributed by atoms with Crippen LogP contribution in [-0.4, -0.2) is 49.6 Å². The van der Waals surface area contributed by atoms with Crippen LogP contribution >= 0.6 is 35.3 Å². The summed E-state index contributed by atoms with van der Waals surface area (Å²) in [6.45, 7) is 9.49. The summed E-state index contributed by atoms with van der Waals surface area (Å²) in [6.07, 6.45) is 3.66. The highest BCUT2D eigenvalue weighted by Crippen LogP contribution is 2.16. The molecule has 0 saturated carbocycles. The highest BCUT2D eigenvalue weighted by atomic mass is 127. The lowest BCUT2D eigenvalue weighted by atomic mass is 10.2. The predicted molar refractivity (Wildman–Crippen MR) is 108 cm³/mol. The molecule has 4 nitrogen and oxygen atoms in total. The number of likely N-dealkylation sites (tertiary alicyclic amines) is 1. The largest absolute Gasteiger partial charge is 0.357 e. The van der Waals surface area contributed by atoms with Crippen LogP contribution in [0.25, 0.3) is 0 Å². The number of rotatable bonds is 7. The maximum absolute atomic E-state index is 4.77. The Balaban J connectivity index is 0.00000242. The summed E-state index contributed by atoms with van der Waals surface area (Å²) in [5, 5.41) is 8.92. The van der Waals surface area contributed by atoms with Gasteiger partial charge in [0.05, 0.1) is 6.54 Å². The Hall–Kier alpha value is -0.340. The Morgan fingerprint density at radius 3 is 2.95 bits per heavy atom. The van der Waals surface area contributed by atoms with Gasteiger partial charge in [-0.05, 0) is 50.7 Å². The number of halogens is 1. The molecule has 6 heteroatoms. The first-order valence-corrected chi connectivity index (χ1v) is 9.00. The number of hydrogen-bond acceptors (Lipinski definition) is 3. The van der Waals surface area contributed by atoms with E-state index in [1.165, 1.54) is 24.3 Å². The van der Waals surface area contributed by atoms with E-state index in [4.69, 9.17) is 4.99 Å². The average molecular weight is 436 g/mol. The van der Waals surface area contributed by atoms with E-state index in [0.717, 1.165) is 38.6 Å². The highest BCUT2D eigenvalue weighted by Gasteiger charge is 2.22. The maximum atomic E-state index is 4.77. The number of likely N-dealkylation sites (N-methyl/N-ethyl adjacent to an activating group) is 1.